The topological polar surface area (TPSA) is 72.9 Å². The molecule has 108 valence electrons. The molecule has 1 rings (SSSR count). The highest BCUT2D eigenvalue weighted by Crippen LogP contribution is 2.21. The van der Waals surface area contributed by atoms with Crippen LogP contribution >= 0.6 is 0 Å². The highest BCUT2D eigenvalue weighted by molar-refractivity contribution is 5.82. The first-order chi connectivity index (χ1) is 8.71. The predicted molar refractivity (Wildman–Crippen MR) is 76.4 cm³/mol. The number of nitrogens with zero attached hydrogens (tertiary/aromatic N) is 2. The number of hydrogen-bond acceptors (Lipinski definition) is 3. The average molecular weight is 266 g/mol. The number of imidazole rings is 1. The highest BCUT2D eigenvalue weighted by Gasteiger charge is 2.29. The Bertz CT molecular complexity index is 392. The van der Waals surface area contributed by atoms with E-state index in [1.165, 1.54) is 0 Å². The number of nitrogens with two attached hydrogens (primary N) is 1. The van der Waals surface area contributed by atoms with Crippen molar-refractivity contribution in [3.8, 4) is 0 Å². The molecule has 0 spiro atoms. The van der Waals surface area contributed by atoms with Crippen molar-refractivity contribution >= 4 is 5.91 Å². The third kappa shape index (κ3) is 4.67. The molecular formula is C14H26N4O. The van der Waals surface area contributed by atoms with E-state index in [2.05, 4.69) is 31.1 Å². The second-order valence-electron chi connectivity index (χ2n) is 6.46. The first-order valence-corrected chi connectivity index (χ1v) is 6.73. The highest BCUT2D eigenvalue weighted by atomic mass is 16.2. The van der Waals surface area contributed by atoms with E-state index in [4.69, 9.17) is 5.73 Å². The molecule has 1 unspecified atom stereocenters. The van der Waals surface area contributed by atoms with Crippen molar-refractivity contribution < 1.29 is 4.79 Å². The first-order valence-electron chi connectivity index (χ1n) is 6.73. The summed E-state index contributed by atoms with van der Waals surface area (Å²) in [5.41, 5.74) is 5.85. The van der Waals surface area contributed by atoms with Crippen LogP contribution in [-0.2, 0) is 11.3 Å². The van der Waals surface area contributed by atoms with Crippen molar-refractivity contribution in [3.63, 3.8) is 0 Å². The summed E-state index contributed by atoms with van der Waals surface area (Å²) in [4.78, 5) is 16.1. The van der Waals surface area contributed by atoms with E-state index in [0.29, 0.717) is 6.54 Å². The van der Waals surface area contributed by atoms with Crippen LogP contribution in [0.25, 0.3) is 0 Å². The van der Waals surface area contributed by atoms with E-state index in [9.17, 15) is 4.79 Å². The van der Waals surface area contributed by atoms with Crippen LogP contribution in [0, 0.1) is 11.3 Å². The maximum atomic E-state index is 12.1. The fourth-order valence-corrected chi connectivity index (χ4v) is 1.71. The van der Waals surface area contributed by atoms with Gasteiger partial charge in [-0.3, -0.25) is 4.79 Å². The zero-order chi connectivity index (χ0) is 14.6. The molecule has 0 aromatic carbocycles. The fraction of sp³-hybridized carbons (Fsp3) is 0.714. The fourth-order valence-electron chi connectivity index (χ4n) is 1.71. The lowest BCUT2D eigenvalue weighted by Gasteiger charge is -2.33. The van der Waals surface area contributed by atoms with E-state index in [1.807, 2.05) is 24.6 Å². The monoisotopic (exact) mass is 266 g/mol. The SMILES string of the molecule is CC(C)[C@H](N)C(=O)NC(Cn1ccnc1)C(C)(C)C. The van der Waals surface area contributed by atoms with E-state index in [-0.39, 0.29) is 23.3 Å². The molecule has 0 aliphatic carbocycles. The molecule has 5 heteroatoms. The quantitative estimate of drug-likeness (QED) is 0.846. The Morgan fingerprint density at radius 1 is 1.42 bits per heavy atom. The Morgan fingerprint density at radius 2 is 2.05 bits per heavy atom. The van der Waals surface area contributed by atoms with Crippen LogP contribution in [0.5, 0.6) is 0 Å². The van der Waals surface area contributed by atoms with Gasteiger partial charge in [-0.15, -0.1) is 0 Å². The number of rotatable bonds is 5. The van der Waals surface area contributed by atoms with Gasteiger partial charge in [-0.2, -0.15) is 0 Å². The predicted octanol–water partition coefficient (Wildman–Crippen LogP) is 1.40. The van der Waals surface area contributed by atoms with Gasteiger partial charge in [0.05, 0.1) is 18.4 Å². The normalized spacial score (nSPS) is 15.3. The number of carbonyl (C=O) groups is 1. The average Bonchev–Trinajstić information content (AvgIpc) is 2.78. The molecule has 0 aliphatic rings. The molecule has 1 aromatic rings. The molecule has 3 N–H and O–H groups in total. The van der Waals surface area contributed by atoms with E-state index in [0.717, 1.165) is 0 Å². The van der Waals surface area contributed by atoms with Crippen molar-refractivity contribution in [1.29, 1.82) is 0 Å². The molecule has 2 atom stereocenters. The van der Waals surface area contributed by atoms with Crippen molar-refractivity contribution in [1.82, 2.24) is 14.9 Å². The molecule has 1 heterocycles. The Morgan fingerprint density at radius 3 is 2.47 bits per heavy atom. The smallest absolute Gasteiger partial charge is 0.237 e. The summed E-state index contributed by atoms with van der Waals surface area (Å²) in [7, 11) is 0. The third-order valence-corrected chi connectivity index (χ3v) is 3.34. The Balaban J connectivity index is 2.73. The Labute approximate surface area is 115 Å². The molecule has 0 bridgehead atoms. The van der Waals surface area contributed by atoms with Crippen LogP contribution < -0.4 is 11.1 Å². The molecule has 0 radical (unpaired) electrons. The summed E-state index contributed by atoms with van der Waals surface area (Å²) in [6.45, 7) is 10.9. The van der Waals surface area contributed by atoms with Gasteiger partial charge < -0.3 is 15.6 Å². The van der Waals surface area contributed by atoms with Crippen LogP contribution in [0.15, 0.2) is 18.7 Å². The number of nitrogens with one attached hydrogen (secondary N) is 1. The molecule has 1 amide bonds. The summed E-state index contributed by atoms with van der Waals surface area (Å²) in [6, 6.07) is -0.452. The molecule has 0 aliphatic heterocycles. The number of carbonyl (C=O) groups excluding carboxylic acids is 1. The van der Waals surface area contributed by atoms with E-state index >= 15 is 0 Å². The van der Waals surface area contributed by atoms with Gasteiger partial charge in [0, 0.05) is 18.9 Å². The zero-order valence-corrected chi connectivity index (χ0v) is 12.6. The van der Waals surface area contributed by atoms with Crippen LogP contribution in [0.1, 0.15) is 34.6 Å². The number of hydrogen-bond donors (Lipinski definition) is 2. The third-order valence-electron chi connectivity index (χ3n) is 3.34. The summed E-state index contributed by atoms with van der Waals surface area (Å²) in [5.74, 6) is 0.0453. The summed E-state index contributed by atoms with van der Waals surface area (Å²) in [6.07, 6.45) is 5.39. The molecule has 19 heavy (non-hydrogen) atoms. The standard InChI is InChI=1S/C14H26N4O/c1-10(2)12(15)13(19)17-11(14(3,4)5)8-18-7-6-16-9-18/h6-7,9-12H,8,15H2,1-5H3,(H,17,19)/t11?,12-/m0/s1. The maximum absolute atomic E-state index is 12.1. The summed E-state index contributed by atoms with van der Waals surface area (Å²) in [5, 5.41) is 3.06. The van der Waals surface area contributed by atoms with Gasteiger partial charge in [0.1, 0.15) is 0 Å². The number of aromatic nitrogens is 2. The second-order valence-corrected chi connectivity index (χ2v) is 6.46. The van der Waals surface area contributed by atoms with Gasteiger partial charge in [-0.1, -0.05) is 34.6 Å². The summed E-state index contributed by atoms with van der Waals surface area (Å²) >= 11 is 0. The van der Waals surface area contributed by atoms with Gasteiger partial charge in [-0.05, 0) is 11.3 Å². The van der Waals surface area contributed by atoms with Crippen molar-refractivity contribution in [2.24, 2.45) is 17.1 Å². The van der Waals surface area contributed by atoms with Gasteiger partial charge >= 0.3 is 0 Å². The van der Waals surface area contributed by atoms with Gasteiger partial charge in [-0.25, -0.2) is 4.98 Å². The minimum Gasteiger partial charge on any atom is -0.350 e. The Kier molecular flexibility index (Phi) is 5.11. The van der Waals surface area contributed by atoms with E-state index in [1.54, 1.807) is 12.5 Å². The van der Waals surface area contributed by atoms with Gasteiger partial charge in [0.15, 0.2) is 0 Å². The van der Waals surface area contributed by atoms with E-state index < -0.39 is 6.04 Å². The molecular weight excluding hydrogens is 240 g/mol. The molecule has 5 nitrogen and oxygen atoms in total. The van der Waals surface area contributed by atoms with Gasteiger partial charge in [0.2, 0.25) is 5.91 Å². The molecule has 0 saturated carbocycles. The molecule has 0 fully saturated rings. The van der Waals surface area contributed by atoms with Crippen LogP contribution in [0.4, 0.5) is 0 Å². The van der Waals surface area contributed by atoms with Crippen molar-refractivity contribution in [2.45, 2.75) is 53.2 Å². The Hall–Kier alpha value is -1.36. The van der Waals surface area contributed by atoms with Crippen LogP contribution in [0.3, 0.4) is 0 Å². The van der Waals surface area contributed by atoms with Crippen LogP contribution in [0.2, 0.25) is 0 Å². The van der Waals surface area contributed by atoms with Crippen molar-refractivity contribution in [2.75, 3.05) is 0 Å². The largest absolute Gasteiger partial charge is 0.350 e. The number of amides is 1. The second kappa shape index (κ2) is 6.19. The lowest BCUT2D eigenvalue weighted by molar-refractivity contribution is -0.124. The van der Waals surface area contributed by atoms with Gasteiger partial charge in [0.25, 0.3) is 0 Å². The lowest BCUT2D eigenvalue weighted by Crippen LogP contribution is -2.53. The zero-order valence-electron chi connectivity index (χ0n) is 12.6. The minimum atomic E-state index is -0.465. The van der Waals surface area contributed by atoms with Crippen molar-refractivity contribution in [3.05, 3.63) is 18.7 Å². The molecule has 0 saturated heterocycles. The lowest BCUT2D eigenvalue weighted by atomic mass is 9.86. The molecule has 1 aromatic heterocycles. The summed E-state index contributed by atoms with van der Waals surface area (Å²) < 4.78 is 1.97. The first kappa shape index (κ1) is 15.7. The van der Waals surface area contributed by atoms with Crippen LogP contribution in [-0.4, -0.2) is 27.5 Å². The maximum Gasteiger partial charge on any atom is 0.237 e. The minimum absolute atomic E-state index is 0.0130.